The molecule has 1 unspecified atom stereocenters. The Morgan fingerprint density at radius 2 is 1.30 bits per heavy atom. The van der Waals surface area contributed by atoms with Gasteiger partial charge in [-0.2, -0.15) is 18.2 Å². The van der Waals surface area contributed by atoms with Gasteiger partial charge in [0.05, 0.1) is 16.6 Å². The third-order valence-corrected chi connectivity index (χ3v) is 51.6. The molecule has 0 spiro atoms. The molecule has 4 atom stereocenters. The molecule has 57 heavy (non-hydrogen) atoms. The van der Waals surface area contributed by atoms with E-state index in [2.05, 4.69) is 116 Å². The number of hydrogen-bond acceptors (Lipinski definition) is 11. The summed E-state index contributed by atoms with van der Waals surface area (Å²) in [6, 6.07) is 1.08. The van der Waals surface area contributed by atoms with E-state index in [-0.39, 0.29) is 28.8 Å². The summed E-state index contributed by atoms with van der Waals surface area (Å²) in [4.78, 5) is 41.9. The van der Waals surface area contributed by atoms with Crippen LogP contribution in [0.25, 0.3) is 0 Å². The van der Waals surface area contributed by atoms with Crippen LogP contribution in [-0.2, 0) is 38.3 Å². The Kier molecular flexibility index (Phi) is 18.7. The van der Waals surface area contributed by atoms with Gasteiger partial charge in [0.15, 0.2) is 12.3 Å². The quantitative estimate of drug-likeness (QED) is 0.0717. The number of rotatable bonds is 21. The zero-order chi connectivity index (χ0) is 44.2. The van der Waals surface area contributed by atoms with Gasteiger partial charge in [-0.15, -0.1) is 0 Å². The van der Waals surface area contributed by atoms with Crippen molar-refractivity contribution in [1.82, 2.24) is 9.55 Å². The Bertz CT molecular complexity index is 1600. The van der Waals surface area contributed by atoms with E-state index in [9.17, 15) is 36.3 Å². The van der Waals surface area contributed by atoms with E-state index in [1.807, 2.05) is 5.32 Å². The smallest absolute Gasteiger partial charge is 0.385 e. The topological polar surface area (TPSA) is 165 Å². The number of aliphatic hydroxyl groups excluding tert-OH is 1. The van der Waals surface area contributed by atoms with E-state index in [1.54, 1.807) is 0 Å². The van der Waals surface area contributed by atoms with Crippen LogP contribution in [0.15, 0.2) is 17.1 Å². The summed E-state index contributed by atoms with van der Waals surface area (Å²) in [6.07, 6.45) is -3.88. The van der Waals surface area contributed by atoms with Gasteiger partial charge < -0.3 is 15.2 Å². The average molecular weight is 906 g/mol. The SMILES string of the molecule is CC(C)[SiH](C(C)C)[Si](OOC[C@H]1OC(n2ccc(NC(=O)CS(=O)(=O)C(F)(F)F)nc2=O)[C@@H](O)[C@@H]1OO[Si](C(C)C)(C(C)C)[SiH](C(C)C)C(C)C)(C(C)C)C(C)C. The fourth-order valence-electron chi connectivity index (χ4n) is 9.65. The van der Waals surface area contributed by atoms with E-state index in [1.165, 1.54) is 0 Å². The van der Waals surface area contributed by atoms with Crippen LogP contribution in [0.3, 0.4) is 0 Å². The summed E-state index contributed by atoms with van der Waals surface area (Å²) in [5.74, 6) is -3.91. The van der Waals surface area contributed by atoms with Crippen LogP contribution >= 0.6 is 0 Å². The molecule has 0 aliphatic carbocycles. The second kappa shape index (κ2) is 20.5. The third kappa shape index (κ3) is 11.6. The van der Waals surface area contributed by atoms with Crippen LogP contribution in [0.2, 0.25) is 44.3 Å². The molecule has 1 aromatic rings. The van der Waals surface area contributed by atoms with Gasteiger partial charge in [-0.3, -0.25) is 18.5 Å². The summed E-state index contributed by atoms with van der Waals surface area (Å²) in [5, 5.41) is 13.8. The molecule has 13 nitrogen and oxygen atoms in total. The third-order valence-electron chi connectivity index (χ3n) is 11.6. The second-order valence-electron chi connectivity index (χ2n) is 18.2. The van der Waals surface area contributed by atoms with E-state index < -0.39 is 95.4 Å². The molecule has 2 rings (SSSR count). The molecule has 1 aromatic heterocycles. The van der Waals surface area contributed by atoms with Crippen molar-refractivity contribution in [3.05, 3.63) is 22.7 Å². The normalized spacial score (nSPS) is 20.4. The first-order chi connectivity index (χ1) is 26.0. The van der Waals surface area contributed by atoms with Crippen molar-refractivity contribution in [2.75, 3.05) is 17.7 Å². The fourth-order valence-corrected chi connectivity index (χ4v) is 47.5. The number of carbonyl (C=O) groups is 1. The maximum atomic E-state index is 13.4. The lowest BCUT2D eigenvalue weighted by molar-refractivity contribution is -0.296. The van der Waals surface area contributed by atoms with Crippen molar-refractivity contribution in [1.29, 1.82) is 0 Å². The van der Waals surface area contributed by atoms with Gasteiger partial charge >= 0.3 is 11.2 Å². The predicted molar refractivity (Wildman–Crippen MR) is 226 cm³/mol. The molecule has 1 aliphatic heterocycles. The molecule has 2 N–H and O–H groups in total. The molecule has 1 saturated heterocycles. The Labute approximate surface area is 343 Å². The lowest BCUT2D eigenvalue weighted by Gasteiger charge is -2.46. The highest BCUT2D eigenvalue weighted by Crippen LogP contribution is 2.46. The molecule has 0 saturated carbocycles. The van der Waals surface area contributed by atoms with Gasteiger partial charge in [0.1, 0.15) is 30.4 Å². The number of ether oxygens (including phenoxy) is 1. The fraction of sp³-hybridized carbons (Fsp3) is 0.861. The zero-order valence-electron chi connectivity index (χ0n) is 36.7. The van der Waals surface area contributed by atoms with Crippen molar-refractivity contribution >= 4 is 53.9 Å². The summed E-state index contributed by atoms with van der Waals surface area (Å²) in [6.45, 7) is 35.2. The van der Waals surface area contributed by atoms with Gasteiger partial charge in [-0.05, 0) is 28.2 Å². The number of sulfone groups is 1. The zero-order valence-corrected chi connectivity index (χ0v) is 41.8. The first-order valence-electron chi connectivity index (χ1n) is 20.2. The minimum atomic E-state index is -5.77. The van der Waals surface area contributed by atoms with Crippen LogP contribution < -0.4 is 11.0 Å². The Morgan fingerprint density at radius 3 is 1.68 bits per heavy atom. The number of aliphatic hydroxyl groups is 1. The van der Waals surface area contributed by atoms with Gasteiger partial charge in [0, 0.05) is 6.20 Å². The standard InChI is InChI=1S/C36H70F3N3O10SSi4/c1-21(2)54(22(3)4)56(25(9)10,26(11)12)51-48-19-29-33(50-52-57(27(13)14,28(15)16)55(23(5)6)24(7)8)32(44)34(49-29)42-18-17-30(41-35(42)45)40-31(43)20-53(46,47)36(37,38)39/h17-18,21-29,32-34,44,54-55H,19-20H2,1-16H3,(H,40,41,43,45)/t29-,32+,33-,34?/m1/s1. The number of carbonyl (C=O) groups excluding carboxylic acids is 1. The molecule has 21 heteroatoms. The summed E-state index contributed by atoms with van der Waals surface area (Å²) < 4.78 is 82.2. The molecular formula is C36H70F3N3O10SSi4. The summed E-state index contributed by atoms with van der Waals surface area (Å²) in [5.41, 5.74) is -4.14. The van der Waals surface area contributed by atoms with Gasteiger partial charge in [0.2, 0.25) is 21.6 Å². The van der Waals surface area contributed by atoms with Gasteiger partial charge in [-0.25, -0.2) is 23.0 Å². The van der Waals surface area contributed by atoms with Gasteiger partial charge in [0.25, 0.3) is 9.84 Å². The highest BCUT2D eigenvalue weighted by molar-refractivity contribution is 7.92. The van der Waals surface area contributed by atoms with Crippen molar-refractivity contribution in [3.63, 3.8) is 0 Å². The first kappa shape index (κ1) is 51.9. The monoisotopic (exact) mass is 905 g/mol. The Hall–Kier alpha value is -1.28. The molecular weight excluding hydrogens is 836 g/mol. The number of nitrogens with zero attached hydrogens (tertiary/aromatic N) is 2. The van der Waals surface area contributed by atoms with Crippen molar-refractivity contribution in [2.45, 2.75) is 185 Å². The molecule has 1 fully saturated rings. The minimum Gasteiger partial charge on any atom is -0.385 e. The molecule has 1 amide bonds. The number of aromatic nitrogens is 2. The molecule has 1 aliphatic rings. The van der Waals surface area contributed by atoms with Crippen molar-refractivity contribution in [2.24, 2.45) is 0 Å². The van der Waals surface area contributed by atoms with Crippen LogP contribution in [-0.4, -0.2) is 97.5 Å². The van der Waals surface area contributed by atoms with Crippen molar-refractivity contribution in [3.8, 4) is 0 Å². The largest absolute Gasteiger partial charge is 0.497 e. The molecule has 0 radical (unpaired) electrons. The van der Waals surface area contributed by atoms with E-state index >= 15 is 0 Å². The lowest BCUT2D eigenvalue weighted by atomic mass is 10.1. The number of hydrogen-bond donors (Lipinski definition) is 2. The van der Waals surface area contributed by atoms with E-state index in [0.717, 1.165) is 16.8 Å². The Morgan fingerprint density at radius 1 is 0.860 bits per heavy atom. The lowest BCUT2D eigenvalue weighted by Crippen LogP contribution is -2.62. The number of anilines is 1. The number of nitrogens with one attached hydrogen (secondary N) is 1. The highest BCUT2D eigenvalue weighted by atomic mass is 32.2. The van der Waals surface area contributed by atoms with E-state index in [4.69, 9.17) is 23.7 Å². The van der Waals surface area contributed by atoms with Crippen LogP contribution in [0.4, 0.5) is 19.0 Å². The molecule has 2 heterocycles. The maximum absolute atomic E-state index is 13.4. The molecule has 0 bridgehead atoms. The van der Waals surface area contributed by atoms with Crippen LogP contribution in [0.1, 0.15) is 117 Å². The summed E-state index contributed by atoms with van der Waals surface area (Å²) >= 11 is 0. The second-order valence-corrected chi connectivity index (χ2v) is 45.4. The Balaban J connectivity index is 2.59. The average Bonchev–Trinajstić information content (AvgIpc) is 3.34. The number of halogens is 3. The van der Waals surface area contributed by atoms with Crippen molar-refractivity contribution < 1.29 is 55.2 Å². The van der Waals surface area contributed by atoms with Gasteiger partial charge in [-0.1, -0.05) is 133 Å². The maximum Gasteiger partial charge on any atom is 0.497 e. The highest BCUT2D eigenvalue weighted by Gasteiger charge is 2.57. The number of amides is 1. The predicted octanol–water partition coefficient (Wildman–Crippen LogP) is 7.42. The minimum absolute atomic E-state index is 0.162. The summed E-state index contributed by atoms with van der Waals surface area (Å²) in [7, 11) is -14.2. The first-order valence-corrected chi connectivity index (χ1v) is 32.2. The van der Waals surface area contributed by atoms with Crippen LogP contribution in [0.5, 0.6) is 0 Å². The molecule has 0 aromatic carbocycles. The van der Waals surface area contributed by atoms with Crippen LogP contribution in [0, 0.1) is 0 Å². The molecule has 332 valence electrons. The number of alkyl halides is 3. The van der Waals surface area contributed by atoms with E-state index in [0.29, 0.717) is 22.2 Å².